The highest BCUT2D eigenvalue weighted by Gasteiger charge is 2.20. The summed E-state index contributed by atoms with van der Waals surface area (Å²) >= 11 is 1.02. The molecule has 0 amide bonds. The molecule has 0 aliphatic carbocycles. The van der Waals surface area contributed by atoms with Crippen molar-refractivity contribution in [3.8, 4) is 22.0 Å². The van der Waals surface area contributed by atoms with E-state index in [-0.39, 0.29) is 10.6 Å². The van der Waals surface area contributed by atoms with Crippen LogP contribution < -0.4 is 0 Å². The van der Waals surface area contributed by atoms with E-state index in [1.165, 1.54) is 4.52 Å². The van der Waals surface area contributed by atoms with Gasteiger partial charge in [-0.15, -0.1) is 10.2 Å². The summed E-state index contributed by atoms with van der Waals surface area (Å²) in [5.74, 6) is -3.62. The molecule has 3 heterocycles. The van der Waals surface area contributed by atoms with Gasteiger partial charge in [-0.1, -0.05) is 11.3 Å². The van der Waals surface area contributed by atoms with Crippen molar-refractivity contribution in [2.24, 2.45) is 0 Å². The summed E-state index contributed by atoms with van der Waals surface area (Å²) in [6, 6.07) is 5.51. The molecule has 9 heteroatoms. The second-order valence-electron chi connectivity index (χ2n) is 4.59. The molecule has 23 heavy (non-hydrogen) atoms. The lowest BCUT2D eigenvalue weighted by molar-refractivity contribution is 0.449. The van der Waals surface area contributed by atoms with Crippen LogP contribution in [0.25, 0.3) is 26.9 Å². The van der Waals surface area contributed by atoms with E-state index in [1.807, 2.05) is 0 Å². The number of nitrogens with zero attached hydrogens (tertiary/aromatic N) is 5. The summed E-state index contributed by atoms with van der Waals surface area (Å²) in [5.41, 5.74) is 0.555. The van der Waals surface area contributed by atoms with Crippen LogP contribution in [0, 0.1) is 17.5 Å². The minimum Gasteiger partial charge on any atom is -0.264 e. The number of fused-ring (bicyclic) bond motifs is 1. The van der Waals surface area contributed by atoms with Crippen molar-refractivity contribution in [1.82, 2.24) is 24.8 Å². The van der Waals surface area contributed by atoms with Crippen molar-refractivity contribution in [1.29, 1.82) is 0 Å². The Hall–Kier alpha value is -2.81. The van der Waals surface area contributed by atoms with Crippen molar-refractivity contribution < 1.29 is 13.2 Å². The molecule has 4 aromatic rings. The smallest absolute Gasteiger partial charge is 0.235 e. The fraction of sp³-hybridized carbons (Fsp3) is 0. The van der Waals surface area contributed by atoms with Crippen molar-refractivity contribution in [2.75, 3.05) is 0 Å². The van der Waals surface area contributed by atoms with E-state index in [1.54, 1.807) is 24.5 Å². The second kappa shape index (κ2) is 5.13. The molecule has 114 valence electrons. The molecule has 0 spiro atoms. The standard InChI is InChI=1S/C14H6F3N5S/c15-9-4-3-8(10(16)11(9)17)13-21-22-12(19-20-14(22)23-13)7-2-1-5-18-6-7/h1-6H. The maximum absolute atomic E-state index is 13.9. The molecule has 0 unspecified atom stereocenters. The average Bonchev–Trinajstić information content (AvgIpc) is 3.14. The molecule has 1 aromatic carbocycles. The molecule has 0 atom stereocenters. The second-order valence-corrected chi connectivity index (χ2v) is 5.55. The fourth-order valence-electron chi connectivity index (χ4n) is 2.09. The first-order valence-corrected chi connectivity index (χ1v) is 7.23. The normalized spacial score (nSPS) is 11.3. The molecule has 0 radical (unpaired) electrons. The van der Waals surface area contributed by atoms with Crippen molar-refractivity contribution in [2.45, 2.75) is 0 Å². The van der Waals surface area contributed by atoms with Crippen LogP contribution in [0.2, 0.25) is 0 Å². The third-order valence-electron chi connectivity index (χ3n) is 3.18. The van der Waals surface area contributed by atoms with Gasteiger partial charge in [-0.3, -0.25) is 4.98 Å². The third-order valence-corrected chi connectivity index (χ3v) is 4.11. The van der Waals surface area contributed by atoms with Crippen LogP contribution in [0.15, 0.2) is 36.7 Å². The molecule has 0 aliphatic rings. The minimum absolute atomic E-state index is 0.128. The number of rotatable bonds is 2. The van der Waals surface area contributed by atoms with Crippen molar-refractivity contribution >= 4 is 16.3 Å². The van der Waals surface area contributed by atoms with Gasteiger partial charge in [0, 0.05) is 18.0 Å². The minimum atomic E-state index is -1.53. The summed E-state index contributed by atoms with van der Waals surface area (Å²) < 4.78 is 41.7. The summed E-state index contributed by atoms with van der Waals surface area (Å²) in [6.07, 6.45) is 3.21. The van der Waals surface area contributed by atoms with Crippen LogP contribution in [0.4, 0.5) is 13.2 Å². The maximum Gasteiger partial charge on any atom is 0.235 e. The lowest BCUT2D eigenvalue weighted by Crippen LogP contribution is -1.95. The topological polar surface area (TPSA) is 56.0 Å². The third kappa shape index (κ3) is 2.16. The molecular formula is C14H6F3N5S. The number of halogens is 3. The van der Waals surface area contributed by atoms with Gasteiger partial charge in [-0.2, -0.15) is 9.61 Å². The van der Waals surface area contributed by atoms with Crippen LogP contribution in [-0.2, 0) is 0 Å². The molecule has 3 aromatic heterocycles. The van der Waals surface area contributed by atoms with Crippen LogP contribution in [0.1, 0.15) is 0 Å². The number of benzene rings is 1. The number of hydrogen-bond acceptors (Lipinski definition) is 5. The first-order chi connectivity index (χ1) is 11.1. The van der Waals surface area contributed by atoms with Gasteiger partial charge >= 0.3 is 0 Å². The van der Waals surface area contributed by atoms with Crippen molar-refractivity contribution in [3.63, 3.8) is 0 Å². The summed E-state index contributed by atoms with van der Waals surface area (Å²) in [4.78, 5) is 4.40. The SMILES string of the molecule is Fc1ccc(-c2nn3c(-c4cccnc4)nnc3s2)c(F)c1F. The van der Waals surface area contributed by atoms with E-state index >= 15 is 0 Å². The van der Waals surface area contributed by atoms with Gasteiger partial charge in [0.15, 0.2) is 28.3 Å². The molecule has 5 nitrogen and oxygen atoms in total. The van der Waals surface area contributed by atoms with Crippen LogP contribution >= 0.6 is 11.3 Å². The van der Waals surface area contributed by atoms with Crippen LogP contribution in [0.3, 0.4) is 0 Å². The largest absolute Gasteiger partial charge is 0.264 e. The quantitative estimate of drug-likeness (QED) is 0.528. The Bertz CT molecular complexity index is 1010. The zero-order valence-electron chi connectivity index (χ0n) is 11.2. The fourth-order valence-corrected chi connectivity index (χ4v) is 2.95. The van der Waals surface area contributed by atoms with Crippen LogP contribution in [0.5, 0.6) is 0 Å². The zero-order chi connectivity index (χ0) is 16.0. The van der Waals surface area contributed by atoms with E-state index in [0.29, 0.717) is 16.3 Å². The zero-order valence-corrected chi connectivity index (χ0v) is 12.1. The summed E-state index contributed by atoms with van der Waals surface area (Å²) in [6.45, 7) is 0. The van der Waals surface area contributed by atoms with Crippen molar-refractivity contribution in [3.05, 3.63) is 54.1 Å². The van der Waals surface area contributed by atoms with Gasteiger partial charge in [0.25, 0.3) is 0 Å². The molecule has 0 fully saturated rings. The molecular weight excluding hydrogens is 327 g/mol. The van der Waals surface area contributed by atoms with E-state index < -0.39 is 17.5 Å². The lowest BCUT2D eigenvalue weighted by Gasteiger charge is -2.00. The first kappa shape index (κ1) is 13.8. The maximum atomic E-state index is 13.9. The Balaban J connectivity index is 1.88. The molecule has 0 N–H and O–H groups in total. The van der Waals surface area contributed by atoms with Gasteiger partial charge in [0.1, 0.15) is 0 Å². The summed E-state index contributed by atoms with van der Waals surface area (Å²) in [7, 11) is 0. The highest BCUT2D eigenvalue weighted by Crippen LogP contribution is 2.31. The highest BCUT2D eigenvalue weighted by molar-refractivity contribution is 7.19. The van der Waals surface area contributed by atoms with E-state index in [0.717, 1.165) is 23.5 Å². The average molecular weight is 333 g/mol. The van der Waals surface area contributed by atoms with Crippen LogP contribution in [-0.4, -0.2) is 24.8 Å². The predicted octanol–water partition coefficient (Wildman–Crippen LogP) is 3.33. The number of aromatic nitrogens is 5. The molecule has 4 rings (SSSR count). The number of pyridine rings is 1. The Kier molecular flexibility index (Phi) is 3.08. The van der Waals surface area contributed by atoms with Gasteiger partial charge in [-0.05, 0) is 24.3 Å². The Labute approximate surface area is 131 Å². The molecule has 0 aliphatic heterocycles. The first-order valence-electron chi connectivity index (χ1n) is 6.41. The van der Waals surface area contributed by atoms with Gasteiger partial charge in [-0.25, -0.2) is 13.2 Å². The van der Waals surface area contributed by atoms with Gasteiger partial charge in [0.2, 0.25) is 4.96 Å². The highest BCUT2D eigenvalue weighted by atomic mass is 32.1. The predicted molar refractivity (Wildman–Crippen MR) is 77.2 cm³/mol. The van der Waals surface area contributed by atoms with E-state index in [2.05, 4.69) is 20.3 Å². The van der Waals surface area contributed by atoms with E-state index in [9.17, 15) is 13.2 Å². The molecule has 0 saturated carbocycles. The Morgan fingerprint density at radius 2 is 1.87 bits per heavy atom. The van der Waals surface area contributed by atoms with Gasteiger partial charge < -0.3 is 0 Å². The lowest BCUT2D eigenvalue weighted by atomic mass is 10.2. The monoisotopic (exact) mass is 333 g/mol. The molecule has 0 bridgehead atoms. The molecule has 0 saturated heterocycles. The number of hydrogen-bond donors (Lipinski definition) is 0. The summed E-state index contributed by atoms with van der Waals surface area (Å²) in [5, 5.41) is 12.4. The van der Waals surface area contributed by atoms with Gasteiger partial charge in [0.05, 0.1) is 5.56 Å². The van der Waals surface area contributed by atoms with E-state index in [4.69, 9.17) is 0 Å². The Morgan fingerprint density at radius 1 is 1.00 bits per heavy atom. The Morgan fingerprint density at radius 3 is 2.65 bits per heavy atom.